The smallest absolute Gasteiger partial charge is 0.314 e. The molecule has 0 aromatic rings. The number of allylic oxidation sites excluding steroid dienone is 12. The first-order valence-electron chi connectivity index (χ1n) is 24.5. The van der Waals surface area contributed by atoms with Gasteiger partial charge in [0, 0.05) is 37.5 Å². The third-order valence-electron chi connectivity index (χ3n) is 12.8. The Bertz CT molecular complexity index is 1800. The molecule has 0 unspecified atom stereocenters. The topological polar surface area (TPSA) is 318 Å². The molecule has 0 spiro atoms. The zero-order valence-electron chi connectivity index (χ0n) is 41.4. The van der Waals surface area contributed by atoms with Crippen LogP contribution in [0.2, 0.25) is 0 Å². The molecule has 3 aliphatic rings. The lowest BCUT2D eigenvalue weighted by atomic mass is 9.82. The molecular weight excluding hydrogens is 927 g/mol. The van der Waals surface area contributed by atoms with Crippen molar-refractivity contribution in [1.29, 1.82) is 0 Å². The molecule has 12 N–H and O–H groups in total. The number of cyclic esters (lactones) is 1. The molecule has 3 heterocycles. The van der Waals surface area contributed by atoms with Crippen LogP contribution in [0.25, 0.3) is 0 Å². The summed E-state index contributed by atoms with van der Waals surface area (Å²) in [5.41, 5.74) is 6.11. The van der Waals surface area contributed by atoms with E-state index in [4.69, 9.17) is 34.2 Å². The molecule has 0 radical (unpaired) electrons. The number of ether oxygens (including phenoxy) is 6. The Morgan fingerprint density at radius 1 is 0.732 bits per heavy atom. The molecule has 0 amide bonds. The van der Waals surface area contributed by atoms with Crippen LogP contribution >= 0.6 is 0 Å². The minimum atomic E-state index is -1.90. The number of hydrogen-bond acceptors (Lipinski definition) is 19. The zero-order chi connectivity index (χ0) is 52.7. The van der Waals surface area contributed by atoms with Crippen LogP contribution in [0.3, 0.4) is 0 Å². The van der Waals surface area contributed by atoms with Gasteiger partial charge in [0.05, 0.1) is 92.8 Å². The molecule has 3 aliphatic heterocycles. The quantitative estimate of drug-likeness (QED) is 0.121. The van der Waals surface area contributed by atoms with Crippen molar-refractivity contribution in [2.45, 2.75) is 177 Å². The number of nitrogens with two attached hydrogens (primary N) is 1. The number of esters is 2. The number of fused-ring (bicyclic) bond motifs is 2. The van der Waals surface area contributed by atoms with E-state index in [2.05, 4.69) is 6.58 Å². The van der Waals surface area contributed by atoms with Gasteiger partial charge < -0.3 is 85.2 Å². The molecule has 2 fully saturated rings. The van der Waals surface area contributed by atoms with E-state index in [1.165, 1.54) is 6.08 Å². The molecule has 0 aliphatic carbocycles. The van der Waals surface area contributed by atoms with Gasteiger partial charge in [0.25, 0.3) is 0 Å². The molecule has 3 rings (SSSR count). The van der Waals surface area contributed by atoms with Crippen molar-refractivity contribution in [2.75, 3.05) is 19.8 Å². The summed E-state index contributed by atoms with van der Waals surface area (Å²) in [7, 11) is 0. The Labute approximate surface area is 417 Å². The lowest BCUT2D eigenvalue weighted by Crippen LogP contribution is -2.62. The summed E-state index contributed by atoms with van der Waals surface area (Å²) in [4.78, 5) is 26.3. The monoisotopic (exact) mass is 1010 g/mol. The van der Waals surface area contributed by atoms with Crippen molar-refractivity contribution in [3.63, 3.8) is 0 Å². The third-order valence-corrected chi connectivity index (χ3v) is 12.8. The summed E-state index contributed by atoms with van der Waals surface area (Å²) in [6, 6.07) is -1.14. The summed E-state index contributed by atoms with van der Waals surface area (Å²) < 4.78 is 35.5. The molecule has 19 nitrogen and oxygen atoms in total. The van der Waals surface area contributed by atoms with E-state index in [0.29, 0.717) is 0 Å². The molecule has 2 bridgehead atoms. The Morgan fingerprint density at radius 3 is 1.94 bits per heavy atom. The van der Waals surface area contributed by atoms with E-state index in [9.17, 15) is 60.7 Å². The molecule has 0 aromatic carbocycles. The van der Waals surface area contributed by atoms with E-state index in [0.717, 1.165) is 0 Å². The highest BCUT2D eigenvalue weighted by atomic mass is 16.7. The van der Waals surface area contributed by atoms with Gasteiger partial charge in [-0.2, -0.15) is 0 Å². The second kappa shape index (κ2) is 31.8. The average molecular weight is 1010 g/mol. The molecule has 2 saturated heterocycles. The molecule has 0 saturated carbocycles. The largest absolute Gasteiger partial charge is 0.462 e. The minimum Gasteiger partial charge on any atom is -0.462 e. The number of hydrogen-bond donors (Lipinski definition) is 11. The van der Waals surface area contributed by atoms with Crippen LogP contribution in [0.15, 0.2) is 97.7 Å². The van der Waals surface area contributed by atoms with E-state index < -0.39 is 154 Å². The fourth-order valence-electron chi connectivity index (χ4n) is 8.55. The van der Waals surface area contributed by atoms with Crippen LogP contribution in [0.4, 0.5) is 0 Å². The second-order valence-electron chi connectivity index (χ2n) is 18.7. The van der Waals surface area contributed by atoms with Crippen molar-refractivity contribution in [2.24, 2.45) is 23.5 Å². The maximum Gasteiger partial charge on any atom is 0.314 e. The predicted molar refractivity (Wildman–Crippen MR) is 261 cm³/mol. The summed E-state index contributed by atoms with van der Waals surface area (Å²) >= 11 is 0. The van der Waals surface area contributed by atoms with Crippen molar-refractivity contribution in [1.82, 2.24) is 0 Å². The highest BCUT2D eigenvalue weighted by Gasteiger charge is 2.53. The number of carbonyl (C=O) groups excluding carboxylic acids is 2. The normalized spacial score (nSPS) is 42.5. The molecule has 71 heavy (non-hydrogen) atoms. The summed E-state index contributed by atoms with van der Waals surface area (Å²) in [5, 5.41) is 108. The number of aliphatic hydroxyl groups is 10. The summed E-state index contributed by atoms with van der Waals surface area (Å²) in [6.07, 6.45) is 6.14. The lowest BCUT2D eigenvalue weighted by molar-refractivity contribution is -0.326. The number of rotatable bonds is 8. The molecular formula is C52H81NO18. The van der Waals surface area contributed by atoms with E-state index >= 15 is 0 Å². The molecule has 19 heteroatoms. The van der Waals surface area contributed by atoms with Gasteiger partial charge in [0.2, 0.25) is 0 Å². The predicted octanol–water partition coefficient (Wildman–Crippen LogP) is 1.37. The lowest BCUT2D eigenvalue weighted by Gasteiger charge is -2.47. The van der Waals surface area contributed by atoms with E-state index in [-0.39, 0.29) is 44.8 Å². The molecule has 0 aromatic heterocycles. The van der Waals surface area contributed by atoms with Crippen LogP contribution < -0.4 is 5.73 Å². The van der Waals surface area contributed by atoms with E-state index in [1.807, 2.05) is 37.3 Å². The standard InChI is InChI=1S/C52H81NO18/c1-6-24-66-50(65)45-42(60)31-52(67-25-23-54)30-38(57)27-41(59)40(58)22-21-36(55)26-37(56)28-44(61)68-34(4)33(3)47(62)32(2)19-17-15-13-11-9-7-8-10-12-14-16-18-20-39(29-43(45)71-52)70-51-49(64)46(53)48(63)35(5)69-51/h6-20,32-43,45-49,51,54-60,62-64H,1,21-31,53H2,2-5H3/b8-7+,11-9+,12-10+,15-13+,16-14+,19-17-,20-18+/t32-,33-,34-,35+,36+,37+,38-,39-,40+,41+,42-,43-,45+,46-,47+,48+,49-,51-,52+/m0/s1. The molecule has 19 atom stereocenters. The van der Waals surface area contributed by atoms with Gasteiger partial charge in [-0.25, -0.2) is 0 Å². The van der Waals surface area contributed by atoms with Gasteiger partial charge in [0.15, 0.2) is 12.1 Å². The zero-order valence-corrected chi connectivity index (χ0v) is 41.4. The first-order valence-corrected chi connectivity index (χ1v) is 24.5. The third kappa shape index (κ3) is 21.0. The SMILES string of the molecule is C=CCOC(=O)[C@H]1[C@@H]2C[C@@H](O[C@@H]3O[C@H](C)[C@@H](O)[C@H](N)[C@@H]3O)/C=C/C=C/C=C/C=C/C=C/C=C/C=C\[C@H](C)[C@@H](O)[C@@H](C)[C@H](C)OC(=O)C[C@H](O)C[C@H](O)CC[C@@H](O)[C@H](O)C[C@H](O)C[C@](OCCO)(C[C@@H]1O)O2. The van der Waals surface area contributed by atoms with Crippen LogP contribution in [0, 0.1) is 17.8 Å². The first kappa shape index (κ1) is 61.6. The minimum absolute atomic E-state index is 0.101. The Morgan fingerprint density at radius 2 is 1.34 bits per heavy atom. The van der Waals surface area contributed by atoms with Crippen molar-refractivity contribution in [3.8, 4) is 0 Å². The summed E-state index contributed by atoms with van der Waals surface area (Å²) in [5.74, 6) is -5.60. The van der Waals surface area contributed by atoms with Crippen molar-refractivity contribution in [3.05, 3.63) is 97.7 Å². The van der Waals surface area contributed by atoms with Gasteiger partial charge >= 0.3 is 11.9 Å². The first-order chi connectivity index (χ1) is 33.7. The Kier molecular flexibility index (Phi) is 27.5. The number of aliphatic hydroxyl groups excluding tert-OH is 10. The van der Waals surface area contributed by atoms with Gasteiger partial charge in [0.1, 0.15) is 24.7 Å². The fourth-order valence-corrected chi connectivity index (χ4v) is 8.55. The highest BCUT2D eigenvalue weighted by molar-refractivity contribution is 5.74. The summed E-state index contributed by atoms with van der Waals surface area (Å²) in [6.45, 7) is 9.32. The van der Waals surface area contributed by atoms with Gasteiger partial charge in [-0.3, -0.25) is 9.59 Å². The van der Waals surface area contributed by atoms with Gasteiger partial charge in [-0.1, -0.05) is 112 Å². The van der Waals surface area contributed by atoms with Gasteiger partial charge in [-0.15, -0.1) is 0 Å². The second-order valence-corrected chi connectivity index (χ2v) is 18.7. The van der Waals surface area contributed by atoms with Gasteiger partial charge in [-0.05, 0) is 33.1 Å². The maximum atomic E-state index is 13.6. The van der Waals surface area contributed by atoms with Crippen molar-refractivity contribution >= 4 is 11.9 Å². The van der Waals surface area contributed by atoms with Crippen LogP contribution in [-0.2, 0) is 38.0 Å². The highest BCUT2D eigenvalue weighted by Crippen LogP contribution is 2.41. The Hall–Kier alpha value is -3.74. The number of carbonyl (C=O) groups is 2. The maximum absolute atomic E-state index is 13.6. The van der Waals surface area contributed by atoms with Crippen LogP contribution in [0.5, 0.6) is 0 Å². The average Bonchev–Trinajstić information content (AvgIpc) is 3.31. The Balaban J connectivity index is 1.98. The fraction of sp³-hybridized carbons (Fsp3) is 0.654. The van der Waals surface area contributed by atoms with Crippen molar-refractivity contribution < 1.29 is 89.1 Å². The molecule has 402 valence electrons. The van der Waals surface area contributed by atoms with Crippen LogP contribution in [-0.4, -0.2) is 180 Å². The van der Waals surface area contributed by atoms with E-state index in [1.54, 1.807) is 75.5 Å². The van der Waals surface area contributed by atoms with Crippen LogP contribution in [0.1, 0.15) is 79.1 Å².